The van der Waals surface area contributed by atoms with Gasteiger partial charge in [-0.2, -0.15) is 4.98 Å². The minimum absolute atomic E-state index is 0.119. The quantitative estimate of drug-likeness (QED) is 0.575. The van der Waals surface area contributed by atoms with Crippen molar-refractivity contribution in [2.45, 2.75) is 33.6 Å². The number of aromatic nitrogens is 5. The molecule has 1 N–H and O–H groups in total. The Labute approximate surface area is 161 Å². The van der Waals surface area contributed by atoms with Crippen molar-refractivity contribution in [3.05, 3.63) is 59.3 Å². The van der Waals surface area contributed by atoms with Crippen molar-refractivity contribution in [1.82, 2.24) is 24.7 Å². The van der Waals surface area contributed by atoms with Gasteiger partial charge in [-0.3, -0.25) is 9.20 Å². The number of anilines is 1. The summed E-state index contributed by atoms with van der Waals surface area (Å²) in [6, 6.07) is 9.56. The lowest BCUT2D eigenvalue weighted by atomic mass is 10.1. The predicted octanol–water partition coefficient (Wildman–Crippen LogP) is 3.14. The van der Waals surface area contributed by atoms with Gasteiger partial charge in [-0.25, -0.2) is 0 Å². The summed E-state index contributed by atoms with van der Waals surface area (Å²) >= 11 is 0. The molecule has 0 aliphatic rings. The van der Waals surface area contributed by atoms with E-state index >= 15 is 0 Å². The molecule has 3 heterocycles. The zero-order valence-corrected chi connectivity index (χ0v) is 15.9. The second kappa shape index (κ2) is 7.22. The molecule has 0 radical (unpaired) electrons. The standard InChI is InChI=1S/C20H20N6O2/c1-4-16-22-20(28-25-16)14-7-8-26-17(10-14)23-24-18(26)11-19(27)21-15-6-5-12(2)9-13(15)3/h5-10H,4,11H2,1-3H3,(H,21,27). The number of benzene rings is 1. The van der Waals surface area contributed by atoms with Gasteiger partial charge in [0, 0.05) is 23.9 Å². The van der Waals surface area contributed by atoms with Gasteiger partial charge in [0.15, 0.2) is 11.5 Å². The number of hydrogen-bond acceptors (Lipinski definition) is 6. The fraction of sp³-hybridized carbons (Fsp3) is 0.250. The van der Waals surface area contributed by atoms with Crippen LogP contribution in [0, 0.1) is 13.8 Å². The van der Waals surface area contributed by atoms with Crippen LogP contribution in [0.25, 0.3) is 17.1 Å². The van der Waals surface area contributed by atoms with Crippen LogP contribution in [0.2, 0.25) is 0 Å². The van der Waals surface area contributed by atoms with Gasteiger partial charge >= 0.3 is 0 Å². The van der Waals surface area contributed by atoms with Crippen molar-refractivity contribution >= 4 is 17.2 Å². The van der Waals surface area contributed by atoms with Gasteiger partial charge in [0.25, 0.3) is 5.89 Å². The Hall–Kier alpha value is -3.55. The molecule has 0 aliphatic carbocycles. The lowest BCUT2D eigenvalue weighted by Gasteiger charge is -2.08. The molecule has 8 heteroatoms. The summed E-state index contributed by atoms with van der Waals surface area (Å²) in [5, 5.41) is 15.2. The maximum absolute atomic E-state index is 12.5. The average Bonchev–Trinajstić information content (AvgIpc) is 3.31. The summed E-state index contributed by atoms with van der Waals surface area (Å²) in [5.41, 5.74) is 4.36. The Morgan fingerprint density at radius 2 is 2.04 bits per heavy atom. The number of carbonyl (C=O) groups excluding carboxylic acids is 1. The molecule has 4 rings (SSSR count). The molecule has 4 aromatic rings. The van der Waals surface area contributed by atoms with Gasteiger partial charge in [-0.05, 0) is 37.6 Å². The molecule has 0 saturated heterocycles. The van der Waals surface area contributed by atoms with Gasteiger partial charge < -0.3 is 9.84 Å². The number of amides is 1. The second-order valence-corrected chi connectivity index (χ2v) is 6.67. The van der Waals surface area contributed by atoms with Crippen molar-refractivity contribution in [3.63, 3.8) is 0 Å². The summed E-state index contributed by atoms with van der Waals surface area (Å²) in [7, 11) is 0. The van der Waals surface area contributed by atoms with Crippen LogP contribution in [0.15, 0.2) is 41.1 Å². The number of nitrogens with zero attached hydrogens (tertiary/aromatic N) is 5. The fourth-order valence-corrected chi connectivity index (χ4v) is 3.00. The number of hydrogen-bond donors (Lipinski definition) is 1. The highest BCUT2D eigenvalue weighted by Gasteiger charge is 2.14. The fourth-order valence-electron chi connectivity index (χ4n) is 3.00. The van der Waals surface area contributed by atoms with E-state index in [9.17, 15) is 4.79 Å². The summed E-state index contributed by atoms with van der Waals surface area (Å²) in [5.74, 6) is 1.51. The van der Waals surface area contributed by atoms with Crippen LogP contribution in [0.5, 0.6) is 0 Å². The molecule has 1 amide bonds. The topological polar surface area (TPSA) is 98.2 Å². The lowest BCUT2D eigenvalue weighted by molar-refractivity contribution is -0.115. The first-order valence-electron chi connectivity index (χ1n) is 9.07. The van der Waals surface area contributed by atoms with E-state index in [1.54, 1.807) is 10.6 Å². The minimum atomic E-state index is -0.144. The van der Waals surface area contributed by atoms with Gasteiger partial charge in [0.05, 0.1) is 6.42 Å². The first-order chi connectivity index (χ1) is 13.5. The Bertz CT molecular complexity index is 1160. The Balaban J connectivity index is 1.53. The lowest BCUT2D eigenvalue weighted by Crippen LogP contribution is -2.16. The van der Waals surface area contributed by atoms with Crippen LogP contribution >= 0.6 is 0 Å². The number of fused-ring (bicyclic) bond motifs is 1. The molecular weight excluding hydrogens is 356 g/mol. The number of nitrogens with one attached hydrogen (secondary N) is 1. The Kier molecular flexibility index (Phi) is 4.60. The summed E-state index contributed by atoms with van der Waals surface area (Å²) in [4.78, 5) is 16.8. The predicted molar refractivity (Wildman–Crippen MR) is 104 cm³/mol. The molecule has 0 unspecified atom stereocenters. The molecule has 0 spiro atoms. The molecule has 0 aliphatic heterocycles. The molecule has 142 valence electrons. The SMILES string of the molecule is CCc1noc(-c2ccn3c(CC(=O)Nc4ccc(C)cc4C)nnc3c2)n1. The monoisotopic (exact) mass is 376 g/mol. The molecule has 0 bridgehead atoms. The van der Waals surface area contributed by atoms with E-state index in [1.807, 2.05) is 51.1 Å². The third-order valence-corrected chi connectivity index (χ3v) is 4.49. The molecule has 0 fully saturated rings. The first-order valence-corrected chi connectivity index (χ1v) is 9.07. The van der Waals surface area contributed by atoms with Gasteiger partial charge in [0.1, 0.15) is 5.82 Å². The van der Waals surface area contributed by atoms with Crippen molar-refractivity contribution < 1.29 is 9.32 Å². The van der Waals surface area contributed by atoms with E-state index in [-0.39, 0.29) is 12.3 Å². The number of rotatable bonds is 5. The van der Waals surface area contributed by atoms with Gasteiger partial charge in [0.2, 0.25) is 5.91 Å². The van der Waals surface area contributed by atoms with Crippen LogP contribution in [-0.2, 0) is 17.6 Å². The number of aryl methyl sites for hydroxylation is 3. The maximum atomic E-state index is 12.5. The molecule has 0 saturated carbocycles. The van der Waals surface area contributed by atoms with Crippen molar-refractivity contribution in [2.75, 3.05) is 5.32 Å². The summed E-state index contributed by atoms with van der Waals surface area (Å²) < 4.78 is 7.05. The Morgan fingerprint density at radius 3 is 2.79 bits per heavy atom. The highest BCUT2D eigenvalue weighted by Crippen LogP contribution is 2.20. The highest BCUT2D eigenvalue weighted by molar-refractivity contribution is 5.92. The first kappa shape index (κ1) is 17.8. The van der Waals surface area contributed by atoms with Crippen molar-refractivity contribution in [2.24, 2.45) is 0 Å². The van der Waals surface area contributed by atoms with E-state index in [2.05, 4.69) is 25.7 Å². The van der Waals surface area contributed by atoms with Crippen LogP contribution < -0.4 is 5.32 Å². The van der Waals surface area contributed by atoms with E-state index in [0.717, 1.165) is 22.4 Å². The van der Waals surface area contributed by atoms with E-state index in [4.69, 9.17) is 4.52 Å². The van der Waals surface area contributed by atoms with Crippen molar-refractivity contribution in [3.8, 4) is 11.5 Å². The van der Waals surface area contributed by atoms with Crippen molar-refractivity contribution in [1.29, 1.82) is 0 Å². The molecule has 0 atom stereocenters. The van der Waals surface area contributed by atoms with Crippen LogP contribution in [-0.4, -0.2) is 30.6 Å². The molecule has 28 heavy (non-hydrogen) atoms. The number of carbonyl (C=O) groups is 1. The molecule has 8 nitrogen and oxygen atoms in total. The smallest absolute Gasteiger partial charge is 0.258 e. The average molecular weight is 376 g/mol. The Morgan fingerprint density at radius 1 is 1.18 bits per heavy atom. The van der Waals surface area contributed by atoms with Crippen LogP contribution in [0.4, 0.5) is 5.69 Å². The van der Waals surface area contributed by atoms with Gasteiger partial charge in [-0.1, -0.05) is 29.8 Å². The van der Waals surface area contributed by atoms with Gasteiger partial charge in [-0.15, -0.1) is 10.2 Å². The van der Waals surface area contributed by atoms with E-state index < -0.39 is 0 Å². The summed E-state index contributed by atoms with van der Waals surface area (Å²) in [6.45, 7) is 5.95. The molecule has 1 aromatic carbocycles. The zero-order valence-electron chi connectivity index (χ0n) is 15.9. The zero-order chi connectivity index (χ0) is 19.7. The summed E-state index contributed by atoms with van der Waals surface area (Å²) in [6.07, 6.45) is 2.63. The molecule has 3 aromatic heterocycles. The third-order valence-electron chi connectivity index (χ3n) is 4.49. The van der Waals surface area contributed by atoms with E-state index in [0.29, 0.717) is 29.6 Å². The number of pyridine rings is 1. The third kappa shape index (κ3) is 3.48. The molecular formula is C20H20N6O2. The van der Waals surface area contributed by atoms with Crippen LogP contribution in [0.1, 0.15) is 29.7 Å². The van der Waals surface area contributed by atoms with E-state index in [1.165, 1.54) is 0 Å². The second-order valence-electron chi connectivity index (χ2n) is 6.67. The largest absolute Gasteiger partial charge is 0.334 e. The maximum Gasteiger partial charge on any atom is 0.258 e. The minimum Gasteiger partial charge on any atom is -0.334 e. The van der Waals surface area contributed by atoms with Crippen LogP contribution in [0.3, 0.4) is 0 Å². The highest BCUT2D eigenvalue weighted by atomic mass is 16.5. The normalized spacial score (nSPS) is 11.1.